The van der Waals surface area contributed by atoms with Crippen LogP contribution in [-0.2, 0) is 22.3 Å². The average Bonchev–Trinajstić information content (AvgIpc) is 2.52. The molecular weight excluding hydrogens is 326 g/mol. The highest BCUT2D eigenvalue weighted by atomic mass is 31.2. The molecule has 0 aliphatic heterocycles. The van der Waals surface area contributed by atoms with E-state index in [9.17, 15) is 4.89 Å². The topological polar surface area (TPSA) is 99.4 Å². The van der Waals surface area contributed by atoms with Gasteiger partial charge in [0.1, 0.15) is 0 Å². The van der Waals surface area contributed by atoms with Gasteiger partial charge < -0.3 is 28.6 Å². The fourth-order valence-electron chi connectivity index (χ4n) is 1.45. The van der Waals surface area contributed by atoms with Crippen LogP contribution in [0, 0.1) is 0 Å². The van der Waals surface area contributed by atoms with E-state index in [1.807, 2.05) is 60.7 Å². The second-order valence-electron chi connectivity index (χ2n) is 4.02. The minimum absolute atomic E-state index is 0.359. The first-order valence-corrected chi connectivity index (χ1v) is 8.60. The molecule has 0 aromatic heterocycles. The molecule has 0 radical (unpaired) electrons. The van der Waals surface area contributed by atoms with Crippen LogP contribution in [-0.4, -0.2) is 19.6 Å². The minimum atomic E-state index is -2.62. The summed E-state index contributed by atoms with van der Waals surface area (Å²) in [6, 6.07) is 19.4. The fourth-order valence-corrected chi connectivity index (χ4v) is 2.04. The van der Waals surface area contributed by atoms with Gasteiger partial charge in [0.2, 0.25) is 0 Å². The quantitative estimate of drug-likeness (QED) is 0.602. The van der Waals surface area contributed by atoms with E-state index >= 15 is 0 Å². The lowest BCUT2D eigenvalue weighted by Crippen LogP contribution is -1.92. The molecular formula is C14H18O6P2. The van der Waals surface area contributed by atoms with Crippen molar-refractivity contribution in [2.45, 2.75) is 13.2 Å². The van der Waals surface area contributed by atoms with E-state index < -0.39 is 17.2 Å². The third-order valence-corrected chi connectivity index (χ3v) is 3.07. The van der Waals surface area contributed by atoms with E-state index in [0.29, 0.717) is 13.2 Å². The molecule has 4 N–H and O–H groups in total. The van der Waals surface area contributed by atoms with Crippen LogP contribution >= 0.6 is 17.2 Å². The Bertz CT molecular complexity index is 451. The number of rotatable bonds is 6. The smallest absolute Gasteiger partial charge is 0.328 e. The molecule has 0 bridgehead atoms. The second-order valence-corrected chi connectivity index (χ2v) is 5.55. The molecule has 0 atom stereocenters. The van der Waals surface area contributed by atoms with Gasteiger partial charge in [0.15, 0.2) is 0 Å². The third kappa shape index (κ3) is 9.90. The fraction of sp³-hybridized carbons (Fsp3) is 0.143. The van der Waals surface area contributed by atoms with Crippen molar-refractivity contribution in [3.05, 3.63) is 71.8 Å². The molecule has 0 heterocycles. The summed E-state index contributed by atoms with van der Waals surface area (Å²) in [5.41, 5.74) is 2.03. The molecule has 2 rings (SSSR count). The van der Waals surface area contributed by atoms with E-state index in [0.717, 1.165) is 11.1 Å². The highest BCUT2D eigenvalue weighted by molar-refractivity contribution is 7.40. The van der Waals surface area contributed by atoms with E-state index in [-0.39, 0.29) is 0 Å². The van der Waals surface area contributed by atoms with Crippen molar-refractivity contribution in [1.29, 1.82) is 0 Å². The molecule has 2 aromatic rings. The Labute approximate surface area is 131 Å². The Morgan fingerprint density at radius 2 is 0.955 bits per heavy atom. The summed E-state index contributed by atoms with van der Waals surface area (Å²) in [5, 5.41) is 0. The zero-order valence-corrected chi connectivity index (χ0v) is 13.5. The van der Waals surface area contributed by atoms with Crippen LogP contribution in [0.15, 0.2) is 60.7 Å². The first-order valence-electron chi connectivity index (χ1n) is 6.27. The molecule has 0 saturated heterocycles. The molecule has 2 aromatic carbocycles. The van der Waals surface area contributed by atoms with Crippen molar-refractivity contribution in [1.82, 2.24) is 0 Å². The molecule has 0 spiro atoms. The Kier molecular flexibility index (Phi) is 10.1. The van der Waals surface area contributed by atoms with E-state index in [4.69, 9.17) is 23.7 Å². The zero-order valence-electron chi connectivity index (χ0n) is 11.7. The van der Waals surface area contributed by atoms with Crippen LogP contribution in [0.5, 0.6) is 0 Å². The average molecular weight is 344 g/mol. The van der Waals surface area contributed by atoms with Crippen molar-refractivity contribution in [3.63, 3.8) is 0 Å². The Hall–Kier alpha value is -0.940. The van der Waals surface area contributed by atoms with E-state index in [1.165, 1.54) is 0 Å². The van der Waals surface area contributed by atoms with Gasteiger partial charge >= 0.3 is 17.2 Å². The maximum Gasteiger partial charge on any atom is 0.330 e. The number of hydrogen-bond acceptors (Lipinski definition) is 6. The second kappa shape index (κ2) is 11.6. The largest absolute Gasteiger partial charge is 0.330 e. The predicted octanol–water partition coefficient (Wildman–Crippen LogP) is 2.83. The summed E-state index contributed by atoms with van der Waals surface area (Å²) in [7, 11) is -4.45. The van der Waals surface area contributed by atoms with Gasteiger partial charge in [-0.1, -0.05) is 60.7 Å². The lowest BCUT2D eigenvalue weighted by molar-refractivity contribution is 0.187. The van der Waals surface area contributed by atoms with Gasteiger partial charge in [-0.2, -0.15) is 0 Å². The maximum atomic E-state index is 9.59. The minimum Gasteiger partial charge on any atom is -0.328 e. The number of hydrogen-bond donors (Lipinski definition) is 4. The molecule has 120 valence electrons. The summed E-state index contributed by atoms with van der Waals surface area (Å²) in [5.74, 6) is 0. The summed E-state index contributed by atoms with van der Waals surface area (Å²) in [6.07, 6.45) is 0. The van der Waals surface area contributed by atoms with Crippen LogP contribution in [0.4, 0.5) is 0 Å². The Morgan fingerprint density at radius 1 is 0.636 bits per heavy atom. The zero-order chi connectivity index (χ0) is 16.2. The van der Waals surface area contributed by atoms with Gasteiger partial charge in [-0.3, -0.25) is 0 Å². The van der Waals surface area contributed by atoms with Crippen molar-refractivity contribution in [3.8, 4) is 0 Å². The van der Waals surface area contributed by atoms with Gasteiger partial charge in [0.05, 0.1) is 13.2 Å². The molecule has 0 aliphatic rings. The molecule has 22 heavy (non-hydrogen) atoms. The monoisotopic (exact) mass is 344 g/mol. The summed E-state index contributed by atoms with van der Waals surface area (Å²) in [4.78, 5) is 31.3. The standard InChI is InChI=1S/C14H15O3P.H3O3P/c15-18(16-11-13-7-3-1-4-8-13)17-12-14-9-5-2-6-10-14;1-4(2)3/h1-10,15H,11-12H2;1-3H. The normalized spacial score (nSPS) is 10.5. The Morgan fingerprint density at radius 3 is 1.27 bits per heavy atom. The van der Waals surface area contributed by atoms with Crippen molar-refractivity contribution < 1.29 is 28.6 Å². The maximum absolute atomic E-state index is 9.59. The van der Waals surface area contributed by atoms with Gasteiger partial charge in [-0.15, -0.1) is 0 Å². The molecule has 8 heteroatoms. The lowest BCUT2D eigenvalue weighted by Gasteiger charge is -2.10. The van der Waals surface area contributed by atoms with Crippen molar-refractivity contribution in [2.24, 2.45) is 0 Å². The SMILES string of the molecule is OP(O)O.OP(OCc1ccccc1)OCc1ccccc1. The molecule has 0 amide bonds. The molecule has 6 nitrogen and oxygen atoms in total. The van der Waals surface area contributed by atoms with Gasteiger partial charge in [0.25, 0.3) is 0 Å². The van der Waals surface area contributed by atoms with E-state index in [2.05, 4.69) is 0 Å². The summed E-state index contributed by atoms with van der Waals surface area (Å²) < 4.78 is 10.5. The summed E-state index contributed by atoms with van der Waals surface area (Å²) >= 11 is 0. The van der Waals surface area contributed by atoms with Gasteiger partial charge in [0, 0.05) is 0 Å². The van der Waals surface area contributed by atoms with Gasteiger partial charge in [-0.05, 0) is 11.1 Å². The van der Waals surface area contributed by atoms with Crippen LogP contribution in [0.2, 0.25) is 0 Å². The molecule has 0 fully saturated rings. The first-order chi connectivity index (χ1) is 10.6. The first kappa shape index (κ1) is 19.1. The third-order valence-electron chi connectivity index (χ3n) is 2.37. The van der Waals surface area contributed by atoms with Crippen molar-refractivity contribution in [2.75, 3.05) is 0 Å². The Balaban J connectivity index is 0.000000541. The lowest BCUT2D eigenvalue weighted by atomic mass is 10.2. The van der Waals surface area contributed by atoms with E-state index in [1.54, 1.807) is 0 Å². The highest BCUT2D eigenvalue weighted by Crippen LogP contribution is 2.35. The van der Waals surface area contributed by atoms with Crippen LogP contribution < -0.4 is 0 Å². The molecule has 0 unspecified atom stereocenters. The highest BCUT2D eigenvalue weighted by Gasteiger charge is 2.07. The van der Waals surface area contributed by atoms with Gasteiger partial charge in [-0.25, -0.2) is 0 Å². The summed E-state index contributed by atoms with van der Waals surface area (Å²) in [6.45, 7) is 0.718. The van der Waals surface area contributed by atoms with Crippen LogP contribution in [0.25, 0.3) is 0 Å². The van der Waals surface area contributed by atoms with Crippen molar-refractivity contribution >= 4 is 17.2 Å². The predicted molar refractivity (Wildman–Crippen MR) is 85.2 cm³/mol. The van der Waals surface area contributed by atoms with Crippen LogP contribution in [0.1, 0.15) is 11.1 Å². The molecule has 0 aliphatic carbocycles. The van der Waals surface area contributed by atoms with Crippen LogP contribution in [0.3, 0.4) is 0 Å². The number of benzene rings is 2. The molecule has 0 saturated carbocycles.